The molecule has 4 fully saturated rings. The summed E-state index contributed by atoms with van der Waals surface area (Å²) in [7, 11) is -3.80. The minimum Gasteiger partial charge on any atom is -0.468 e. The van der Waals surface area contributed by atoms with Crippen LogP contribution in [0.25, 0.3) is 0 Å². The molecule has 266 valence electrons. The number of hydrogen-bond acceptors (Lipinski definition) is 8. The van der Waals surface area contributed by atoms with Crippen LogP contribution >= 0.6 is 0 Å². The van der Waals surface area contributed by atoms with Crippen LogP contribution in [0.2, 0.25) is 0 Å². The number of furan rings is 1. The molecule has 1 aromatic heterocycles. The van der Waals surface area contributed by atoms with Gasteiger partial charge in [-0.25, -0.2) is 13.2 Å². The van der Waals surface area contributed by atoms with Crippen LogP contribution in [0.3, 0.4) is 0 Å². The molecule has 1 aromatic rings. The average molecular weight is 690 g/mol. The number of hydrogen-bond donors (Lipinski definition) is 4. The topological polar surface area (TPSA) is 198 Å². The number of piperidine rings is 1. The Morgan fingerprint density at radius 1 is 1.06 bits per heavy atom. The van der Waals surface area contributed by atoms with Crippen molar-refractivity contribution < 1.29 is 36.8 Å². The number of sulfone groups is 1. The maximum atomic E-state index is 14.4. The van der Waals surface area contributed by atoms with Crippen molar-refractivity contribution in [2.45, 2.75) is 121 Å². The van der Waals surface area contributed by atoms with E-state index in [-0.39, 0.29) is 39.6 Å². The van der Waals surface area contributed by atoms with Crippen LogP contribution in [-0.2, 0) is 29.0 Å². The van der Waals surface area contributed by atoms with Crippen LogP contribution in [0.15, 0.2) is 21.6 Å². The van der Waals surface area contributed by atoms with E-state index in [9.17, 15) is 32.4 Å². The van der Waals surface area contributed by atoms with Crippen LogP contribution in [0, 0.1) is 35.5 Å². The largest absolute Gasteiger partial charge is 0.468 e. The van der Waals surface area contributed by atoms with E-state index < -0.39 is 68.5 Å². The van der Waals surface area contributed by atoms with Crippen LogP contribution in [-0.4, -0.2) is 78.8 Å². The molecule has 0 spiro atoms. The Kier molecular flexibility index (Phi) is 9.56. The third kappa shape index (κ3) is 7.28. The van der Waals surface area contributed by atoms with Crippen molar-refractivity contribution >= 4 is 39.4 Å². The van der Waals surface area contributed by atoms with Crippen molar-refractivity contribution in [2.75, 3.05) is 12.3 Å². The first kappa shape index (κ1) is 35.9. The zero-order valence-corrected chi connectivity index (χ0v) is 29.7. The van der Waals surface area contributed by atoms with Gasteiger partial charge in [0.2, 0.25) is 17.6 Å². The Labute approximate surface area is 282 Å². The molecule has 3 saturated carbocycles. The standard InChI is InChI=1S/C34H51N5O8S/c1-19-23(12-15-47-19)48(45,46)18-34(13-8-7-9-14-34)38-31(44)37-27(32(2,3)4)30(43)39-17-21-24(33(21,5)6)25(39)29(42)36-22(16-20-10-11-20)26(40)28(35)41/h12,15,20-22,24-25,27H,7-11,13-14,16-18H2,1-6H3,(H2,35,41)(H,36,42)(H2,37,38,44)/t21?,22?,24-,25-,27+/m0/s1. The SMILES string of the molecule is Cc1occc1S(=O)(=O)CC1(NC(=O)N[C@H](C(=O)N2CC3[C@@H]([C@H]2C(=O)NC(CC2CC2)C(=O)C(N)=O)C3(C)C)C(C)(C)C)CCCCC1. The maximum Gasteiger partial charge on any atom is 0.315 e. The fourth-order valence-electron chi connectivity index (χ4n) is 8.05. The lowest BCUT2D eigenvalue weighted by Crippen LogP contribution is -2.63. The van der Waals surface area contributed by atoms with Gasteiger partial charge < -0.3 is 31.0 Å². The molecule has 2 heterocycles. The second-order valence-corrected chi connectivity index (χ2v) is 18.2. The number of primary amides is 1. The molecule has 1 saturated heterocycles. The van der Waals surface area contributed by atoms with E-state index in [2.05, 4.69) is 16.0 Å². The van der Waals surface area contributed by atoms with Gasteiger partial charge in [-0.1, -0.05) is 66.7 Å². The average Bonchev–Trinajstić information content (AvgIpc) is 3.73. The molecule has 3 aliphatic carbocycles. The normalized spacial score (nSPS) is 25.7. The zero-order chi connectivity index (χ0) is 35.4. The van der Waals surface area contributed by atoms with Gasteiger partial charge in [0.15, 0.2) is 9.84 Å². The fraction of sp³-hybridized carbons (Fsp3) is 0.735. The van der Waals surface area contributed by atoms with Gasteiger partial charge in [-0.15, -0.1) is 0 Å². The number of urea groups is 1. The molecule has 14 heteroatoms. The van der Waals surface area contributed by atoms with E-state index in [1.54, 1.807) is 6.92 Å². The van der Waals surface area contributed by atoms with Gasteiger partial charge >= 0.3 is 6.03 Å². The number of aryl methyl sites for hydroxylation is 1. The lowest BCUT2D eigenvalue weighted by Gasteiger charge is -2.40. The molecule has 13 nitrogen and oxygen atoms in total. The van der Waals surface area contributed by atoms with E-state index in [0.717, 1.165) is 32.1 Å². The van der Waals surface area contributed by atoms with E-state index >= 15 is 0 Å². The number of carbonyl (C=O) groups excluding carboxylic acids is 5. The highest BCUT2D eigenvalue weighted by atomic mass is 32.2. The van der Waals surface area contributed by atoms with Gasteiger partial charge in [0.1, 0.15) is 22.7 Å². The third-order valence-electron chi connectivity index (χ3n) is 11.1. The monoisotopic (exact) mass is 689 g/mol. The van der Waals surface area contributed by atoms with Crippen molar-refractivity contribution in [1.82, 2.24) is 20.9 Å². The number of nitrogens with one attached hydrogen (secondary N) is 3. The molecule has 4 aliphatic rings. The molecule has 5 rings (SSSR count). The lowest BCUT2D eigenvalue weighted by molar-refractivity contribution is -0.145. The number of Topliss-reactive ketones (excluding diaryl/α,β-unsaturated/α-hetero) is 1. The summed E-state index contributed by atoms with van der Waals surface area (Å²) in [5, 5.41) is 8.58. The first-order valence-electron chi connectivity index (χ1n) is 17.1. The number of amides is 5. The van der Waals surface area contributed by atoms with Gasteiger partial charge in [-0.3, -0.25) is 19.2 Å². The maximum absolute atomic E-state index is 14.4. The Morgan fingerprint density at radius 2 is 1.71 bits per heavy atom. The van der Waals surface area contributed by atoms with Crippen molar-refractivity contribution in [3.63, 3.8) is 0 Å². The number of nitrogens with two attached hydrogens (primary N) is 1. The molecule has 5 N–H and O–H groups in total. The van der Waals surface area contributed by atoms with Gasteiger partial charge in [0, 0.05) is 6.54 Å². The van der Waals surface area contributed by atoms with Crippen molar-refractivity contribution in [3.8, 4) is 0 Å². The second kappa shape index (κ2) is 12.8. The minimum absolute atomic E-state index is 0.0439. The molecule has 5 amide bonds. The first-order valence-corrected chi connectivity index (χ1v) is 18.7. The molecule has 0 bridgehead atoms. The summed E-state index contributed by atoms with van der Waals surface area (Å²) in [6, 6.07) is -2.26. The van der Waals surface area contributed by atoms with Crippen LogP contribution < -0.4 is 21.7 Å². The summed E-state index contributed by atoms with van der Waals surface area (Å²) in [5.41, 5.74) is 3.26. The molecule has 1 aliphatic heterocycles. The van der Waals surface area contributed by atoms with E-state index in [1.807, 2.05) is 34.6 Å². The summed E-state index contributed by atoms with van der Waals surface area (Å²) in [6.07, 6.45) is 6.78. The van der Waals surface area contributed by atoms with Crippen LogP contribution in [0.4, 0.5) is 4.79 Å². The van der Waals surface area contributed by atoms with Gasteiger partial charge in [0.25, 0.3) is 5.91 Å². The summed E-state index contributed by atoms with van der Waals surface area (Å²) >= 11 is 0. The smallest absolute Gasteiger partial charge is 0.315 e. The molecule has 48 heavy (non-hydrogen) atoms. The second-order valence-electron chi connectivity index (χ2n) is 16.2. The van der Waals surface area contributed by atoms with E-state index in [4.69, 9.17) is 10.2 Å². The zero-order valence-electron chi connectivity index (χ0n) is 28.9. The first-order chi connectivity index (χ1) is 22.3. The van der Waals surface area contributed by atoms with E-state index in [1.165, 1.54) is 17.2 Å². The molecule has 5 atom stereocenters. The predicted molar refractivity (Wildman–Crippen MR) is 176 cm³/mol. The number of fused-ring (bicyclic) bond motifs is 1. The number of likely N-dealkylation sites (tertiary alicyclic amines) is 1. The highest BCUT2D eigenvalue weighted by molar-refractivity contribution is 7.91. The minimum atomic E-state index is -3.80. The van der Waals surface area contributed by atoms with Gasteiger partial charge in [-0.05, 0) is 60.8 Å². The highest BCUT2D eigenvalue weighted by Crippen LogP contribution is 2.65. The highest BCUT2D eigenvalue weighted by Gasteiger charge is 2.70. The molecule has 0 aromatic carbocycles. The number of rotatable bonds is 12. The Bertz CT molecular complexity index is 1570. The number of carbonyl (C=O) groups is 5. The number of nitrogens with zero attached hydrogens (tertiary/aromatic N) is 1. The number of ketones is 1. The molecular weight excluding hydrogens is 638 g/mol. The predicted octanol–water partition coefficient (Wildman–Crippen LogP) is 2.60. The van der Waals surface area contributed by atoms with Gasteiger partial charge in [-0.2, -0.15) is 0 Å². The summed E-state index contributed by atoms with van der Waals surface area (Å²) in [5.74, 6) is -2.84. The van der Waals surface area contributed by atoms with Crippen molar-refractivity contribution in [3.05, 3.63) is 18.1 Å². The van der Waals surface area contributed by atoms with Crippen molar-refractivity contribution in [2.24, 2.45) is 34.3 Å². The summed E-state index contributed by atoms with van der Waals surface area (Å²) in [4.78, 5) is 68.1. The quantitative estimate of drug-likeness (QED) is 0.240. The molecular formula is C34H51N5O8S. The molecule has 0 radical (unpaired) electrons. The van der Waals surface area contributed by atoms with E-state index in [0.29, 0.717) is 25.8 Å². The van der Waals surface area contributed by atoms with Crippen molar-refractivity contribution in [1.29, 1.82) is 0 Å². The van der Waals surface area contributed by atoms with Gasteiger partial charge in [0.05, 0.1) is 23.6 Å². The van der Waals surface area contributed by atoms with Crippen LogP contribution in [0.1, 0.15) is 91.7 Å². The summed E-state index contributed by atoms with van der Waals surface area (Å²) < 4.78 is 32.2. The third-order valence-corrected chi connectivity index (χ3v) is 13.1. The Balaban J connectivity index is 1.35. The lowest BCUT2D eigenvalue weighted by atomic mass is 9.83. The van der Waals surface area contributed by atoms with Crippen LogP contribution in [0.5, 0.6) is 0 Å². The fourth-order valence-corrected chi connectivity index (χ4v) is 10.0. The Morgan fingerprint density at radius 3 is 2.25 bits per heavy atom. The molecule has 2 unspecified atom stereocenters. The Hall–Kier alpha value is -3.42. The summed E-state index contributed by atoms with van der Waals surface area (Å²) in [6.45, 7) is 11.4.